The number of carbonyl (C=O) groups is 2. The molecule has 0 amide bonds. The molecule has 5 nitrogen and oxygen atoms in total. The maximum atomic E-state index is 11.7. The van der Waals surface area contributed by atoms with Gasteiger partial charge in [0.2, 0.25) is 0 Å². The first-order chi connectivity index (χ1) is 11.4. The van der Waals surface area contributed by atoms with Crippen molar-refractivity contribution in [3.63, 3.8) is 0 Å². The van der Waals surface area contributed by atoms with Crippen molar-refractivity contribution in [1.82, 2.24) is 0 Å². The zero-order valence-corrected chi connectivity index (χ0v) is 15.1. The number of allylic oxidation sites excluding steroid dienone is 1. The molecule has 0 fully saturated rings. The number of hydrogen-bond donors (Lipinski definition) is 3. The minimum absolute atomic E-state index is 0.320. The Kier molecular flexibility index (Phi) is 13.5. The molecule has 0 heterocycles. The molecule has 0 rings (SSSR count). The third-order valence-corrected chi connectivity index (χ3v) is 4.22. The lowest BCUT2D eigenvalue weighted by molar-refractivity contribution is -0.141. The number of aliphatic hydroxyl groups excluding tert-OH is 2. The Hall–Kier alpha value is -1.20. The average molecular weight is 342 g/mol. The predicted octanol–water partition coefficient (Wildman–Crippen LogP) is 3.48. The van der Waals surface area contributed by atoms with Gasteiger partial charge in [0.25, 0.3) is 0 Å². The minimum Gasteiger partial charge on any atom is -0.481 e. The molecule has 0 radical (unpaired) electrons. The monoisotopic (exact) mass is 342 g/mol. The van der Waals surface area contributed by atoms with Crippen molar-refractivity contribution < 1.29 is 24.9 Å². The van der Waals surface area contributed by atoms with E-state index in [2.05, 4.69) is 6.92 Å². The van der Waals surface area contributed by atoms with E-state index in [4.69, 9.17) is 5.11 Å². The lowest BCUT2D eigenvalue weighted by Crippen LogP contribution is -2.32. The van der Waals surface area contributed by atoms with E-state index >= 15 is 0 Å². The van der Waals surface area contributed by atoms with Gasteiger partial charge in [0.1, 0.15) is 6.10 Å². The van der Waals surface area contributed by atoms with Crippen LogP contribution < -0.4 is 0 Å². The Balaban J connectivity index is 3.79. The summed E-state index contributed by atoms with van der Waals surface area (Å²) in [6.07, 6.45) is 9.18. The van der Waals surface area contributed by atoms with Crippen LogP contribution in [0.4, 0.5) is 0 Å². The lowest BCUT2D eigenvalue weighted by atomic mass is 9.99. The molecule has 0 saturated heterocycles. The molecule has 0 aromatic rings. The number of unbranched alkanes of at least 4 members (excludes halogenated alkanes) is 6. The van der Waals surface area contributed by atoms with Crippen molar-refractivity contribution in [1.29, 1.82) is 0 Å². The lowest BCUT2D eigenvalue weighted by Gasteiger charge is -2.15. The molecule has 0 aliphatic carbocycles. The molecule has 0 aliphatic heterocycles. The molecule has 0 spiro atoms. The molecule has 0 aromatic carbocycles. The van der Waals surface area contributed by atoms with Gasteiger partial charge in [-0.05, 0) is 31.8 Å². The van der Waals surface area contributed by atoms with Crippen LogP contribution in [0.25, 0.3) is 0 Å². The van der Waals surface area contributed by atoms with Crippen LogP contribution in [0.3, 0.4) is 0 Å². The normalized spacial score (nSPS) is 15.3. The van der Waals surface area contributed by atoms with Crippen LogP contribution in [0.15, 0.2) is 12.2 Å². The standard InChI is InChI=1S/C19H34O5/c1-3-4-5-6-10-13-16(20)18(22)17(21)14-11-8-7-9-12-15(2)19(23)24/h10,13,15,17-18,21-22H,3-9,11-12,14H2,1-2H3,(H,23,24)/b13-10-. The third-order valence-electron chi connectivity index (χ3n) is 4.22. The molecule has 0 bridgehead atoms. The van der Waals surface area contributed by atoms with E-state index in [1.54, 1.807) is 13.0 Å². The molecule has 0 aliphatic rings. The van der Waals surface area contributed by atoms with Crippen molar-refractivity contribution in [2.75, 3.05) is 0 Å². The van der Waals surface area contributed by atoms with Crippen LogP contribution >= 0.6 is 0 Å². The second-order valence-electron chi connectivity index (χ2n) is 6.54. The van der Waals surface area contributed by atoms with Crippen molar-refractivity contribution in [3.05, 3.63) is 12.2 Å². The van der Waals surface area contributed by atoms with E-state index in [-0.39, 0.29) is 5.92 Å². The summed E-state index contributed by atoms with van der Waals surface area (Å²) in [6.45, 7) is 3.81. The Morgan fingerprint density at radius 1 is 0.958 bits per heavy atom. The van der Waals surface area contributed by atoms with Gasteiger partial charge in [-0.25, -0.2) is 0 Å². The van der Waals surface area contributed by atoms with Gasteiger partial charge in [-0.2, -0.15) is 0 Å². The Morgan fingerprint density at radius 2 is 1.58 bits per heavy atom. The summed E-state index contributed by atoms with van der Waals surface area (Å²) in [5.74, 6) is -1.52. The van der Waals surface area contributed by atoms with Crippen LogP contribution in [-0.2, 0) is 9.59 Å². The Labute approximate surface area is 145 Å². The highest BCUT2D eigenvalue weighted by atomic mass is 16.4. The highest BCUT2D eigenvalue weighted by molar-refractivity contribution is 5.93. The first-order valence-electron chi connectivity index (χ1n) is 9.19. The zero-order chi connectivity index (χ0) is 18.4. The topological polar surface area (TPSA) is 94.8 Å². The predicted molar refractivity (Wildman–Crippen MR) is 94.8 cm³/mol. The van der Waals surface area contributed by atoms with Gasteiger partial charge in [-0.3, -0.25) is 9.59 Å². The number of carboxylic acids is 1. The van der Waals surface area contributed by atoms with Gasteiger partial charge < -0.3 is 15.3 Å². The number of aliphatic hydroxyl groups is 2. The summed E-state index contributed by atoms with van der Waals surface area (Å²) in [4.78, 5) is 22.4. The van der Waals surface area contributed by atoms with Crippen molar-refractivity contribution in [2.24, 2.45) is 5.92 Å². The second-order valence-corrected chi connectivity index (χ2v) is 6.54. The summed E-state index contributed by atoms with van der Waals surface area (Å²) >= 11 is 0. The molecule has 0 aromatic heterocycles. The highest BCUT2D eigenvalue weighted by Gasteiger charge is 2.21. The quantitative estimate of drug-likeness (QED) is 0.313. The van der Waals surface area contributed by atoms with Crippen molar-refractivity contribution in [3.8, 4) is 0 Å². The summed E-state index contributed by atoms with van der Waals surface area (Å²) in [6, 6.07) is 0. The van der Waals surface area contributed by atoms with Crippen LogP contribution in [0, 0.1) is 5.92 Å². The van der Waals surface area contributed by atoms with Crippen LogP contribution in [0.2, 0.25) is 0 Å². The molecule has 24 heavy (non-hydrogen) atoms. The van der Waals surface area contributed by atoms with E-state index in [0.29, 0.717) is 19.3 Å². The summed E-state index contributed by atoms with van der Waals surface area (Å²) in [5.41, 5.74) is 0. The fourth-order valence-corrected chi connectivity index (χ4v) is 2.44. The smallest absolute Gasteiger partial charge is 0.306 e. The van der Waals surface area contributed by atoms with Crippen LogP contribution in [0.1, 0.15) is 78.1 Å². The molecule has 0 saturated carbocycles. The Bertz CT molecular complexity index is 378. The van der Waals surface area contributed by atoms with E-state index in [0.717, 1.165) is 44.9 Å². The Morgan fingerprint density at radius 3 is 2.17 bits per heavy atom. The zero-order valence-electron chi connectivity index (χ0n) is 15.1. The average Bonchev–Trinajstić information content (AvgIpc) is 2.56. The molecular weight excluding hydrogens is 308 g/mol. The van der Waals surface area contributed by atoms with Crippen molar-refractivity contribution >= 4 is 11.8 Å². The van der Waals surface area contributed by atoms with Gasteiger partial charge in [-0.1, -0.05) is 58.4 Å². The first-order valence-corrected chi connectivity index (χ1v) is 9.19. The summed E-state index contributed by atoms with van der Waals surface area (Å²) in [7, 11) is 0. The van der Waals surface area contributed by atoms with Crippen LogP contribution in [-0.4, -0.2) is 39.3 Å². The second kappa shape index (κ2) is 14.2. The van der Waals surface area contributed by atoms with Gasteiger partial charge in [-0.15, -0.1) is 0 Å². The highest BCUT2D eigenvalue weighted by Crippen LogP contribution is 2.13. The largest absolute Gasteiger partial charge is 0.481 e. The fraction of sp³-hybridized carbons (Fsp3) is 0.789. The maximum Gasteiger partial charge on any atom is 0.306 e. The first kappa shape index (κ1) is 22.8. The molecule has 3 N–H and O–H groups in total. The SMILES string of the molecule is CCCCC/C=C\C(=O)C(O)C(O)CCCCCCC(C)C(=O)O. The minimum atomic E-state index is -1.35. The van der Waals surface area contributed by atoms with E-state index in [1.807, 2.05) is 0 Å². The molecule has 3 unspecified atom stereocenters. The summed E-state index contributed by atoms with van der Waals surface area (Å²) < 4.78 is 0. The van der Waals surface area contributed by atoms with E-state index in [1.165, 1.54) is 6.08 Å². The molecule has 140 valence electrons. The maximum absolute atomic E-state index is 11.7. The van der Waals surface area contributed by atoms with Gasteiger partial charge in [0.05, 0.1) is 12.0 Å². The van der Waals surface area contributed by atoms with Gasteiger partial charge >= 0.3 is 5.97 Å². The molecular formula is C19H34O5. The number of ketones is 1. The van der Waals surface area contributed by atoms with Crippen LogP contribution in [0.5, 0.6) is 0 Å². The number of aliphatic carboxylic acids is 1. The molecule has 3 atom stereocenters. The number of carbonyl (C=O) groups excluding carboxylic acids is 1. The van der Waals surface area contributed by atoms with Crippen molar-refractivity contribution in [2.45, 2.75) is 90.3 Å². The number of carboxylic acid groups (broad SMARTS) is 1. The molecule has 5 heteroatoms. The number of hydrogen-bond acceptors (Lipinski definition) is 4. The third kappa shape index (κ3) is 11.4. The van der Waals surface area contributed by atoms with E-state index in [9.17, 15) is 19.8 Å². The van der Waals surface area contributed by atoms with Gasteiger partial charge in [0, 0.05) is 0 Å². The number of rotatable bonds is 15. The van der Waals surface area contributed by atoms with Gasteiger partial charge in [0.15, 0.2) is 5.78 Å². The van der Waals surface area contributed by atoms with E-state index < -0.39 is 24.0 Å². The summed E-state index contributed by atoms with van der Waals surface area (Å²) in [5, 5.41) is 28.4. The fourth-order valence-electron chi connectivity index (χ4n) is 2.44.